The van der Waals surface area contributed by atoms with Crippen molar-refractivity contribution in [2.45, 2.75) is 58.0 Å². The lowest BCUT2D eigenvalue weighted by Crippen LogP contribution is -2.48. The first-order chi connectivity index (χ1) is 14.8. The molecule has 1 aliphatic heterocycles. The number of amides is 3. The van der Waals surface area contributed by atoms with Crippen LogP contribution in [0.15, 0.2) is 18.2 Å². The lowest BCUT2D eigenvalue weighted by molar-refractivity contribution is -0.144. The van der Waals surface area contributed by atoms with Gasteiger partial charge in [-0.15, -0.1) is 0 Å². The number of hydrogen-bond donors (Lipinski definition) is 3. The van der Waals surface area contributed by atoms with Crippen LogP contribution in [0.3, 0.4) is 0 Å². The predicted molar refractivity (Wildman–Crippen MR) is 118 cm³/mol. The molecule has 7 heteroatoms. The molecule has 3 unspecified atom stereocenters. The standard InChI is InChI=1S/C24H30N4O3/c1-13-4-5-14(2)20-18(13)11-19(27-20)21(29)26-16-8-15-9-17(10-16)28(12-15)23(31)24(6-7-24)22(30)25-3/h4-5,11,15-17,27H,6-10,12H2,1-3H3,(H,25,30)(H,26,29). The van der Waals surface area contributed by atoms with Crippen molar-refractivity contribution in [3.05, 3.63) is 35.0 Å². The first-order valence-electron chi connectivity index (χ1n) is 11.3. The largest absolute Gasteiger partial charge is 0.358 e. The number of hydrogen-bond acceptors (Lipinski definition) is 3. The Bertz CT molecular complexity index is 1040. The van der Waals surface area contributed by atoms with E-state index in [1.807, 2.05) is 24.8 Å². The van der Waals surface area contributed by atoms with Gasteiger partial charge in [0, 0.05) is 36.6 Å². The van der Waals surface area contributed by atoms with Crippen molar-refractivity contribution in [1.82, 2.24) is 20.5 Å². The monoisotopic (exact) mass is 422 g/mol. The third-order valence-electron chi connectivity index (χ3n) is 7.56. The summed E-state index contributed by atoms with van der Waals surface area (Å²) in [5.41, 5.74) is 3.01. The molecule has 2 bridgehead atoms. The Morgan fingerprint density at radius 2 is 1.84 bits per heavy atom. The molecule has 1 aromatic carbocycles. The number of rotatable bonds is 4. The molecule has 0 spiro atoms. The van der Waals surface area contributed by atoms with Crippen molar-refractivity contribution in [2.24, 2.45) is 11.3 Å². The number of aromatic nitrogens is 1. The highest BCUT2D eigenvalue weighted by Crippen LogP contribution is 2.50. The van der Waals surface area contributed by atoms with E-state index in [2.05, 4.69) is 27.8 Å². The molecule has 3 atom stereocenters. The smallest absolute Gasteiger partial charge is 0.267 e. The number of likely N-dealkylation sites (tertiary alicyclic amines) is 1. The molecule has 31 heavy (non-hydrogen) atoms. The average Bonchev–Trinajstić information content (AvgIpc) is 3.34. The van der Waals surface area contributed by atoms with E-state index in [0.717, 1.165) is 41.3 Å². The maximum Gasteiger partial charge on any atom is 0.267 e. The third-order valence-corrected chi connectivity index (χ3v) is 7.56. The Hall–Kier alpha value is -2.83. The fourth-order valence-corrected chi connectivity index (χ4v) is 5.66. The van der Waals surface area contributed by atoms with E-state index in [4.69, 9.17) is 0 Å². The van der Waals surface area contributed by atoms with Crippen LogP contribution in [0.1, 0.15) is 53.7 Å². The maximum atomic E-state index is 13.2. The summed E-state index contributed by atoms with van der Waals surface area (Å²) in [6.07, 6.45) is 3.86. The van der Waals surface area contributed by atoms with Gasteiger partial charge in [0.25, 0.3) is 5.91 Å². The number of aryl methyl sites for hydroxylation is 2. The van der Waals surface area contributed by atoms with Crippen LogP contribution in [0.25, 0.3) is 10.9 Å². The summed E-state index contributed by atoms with van der Waals surface area (Å²) >= 11 is 0. The third kappa shape index (κ3) is 3.22. The van der Waals surface area contributed by atoms with E-state index in [1.165, 1.54) is 0 Å². The van der Waals surface area contributed by atoms with Crippen LogP contribution in [-0.4, -0.2) is 53.3 Å². The first-order valence-corrected chi connectivity index (χ1v) is 11.3. The Balaban J connectivity index is 1.28. The van der Waals surface area contributed by atoms with Gasteiger partial charge in [-0.25, -0.2) is 0 Å². The first kappa shape index (κ1) is 20.1. The minimum atomic E-state index is -0.842. The van der Waals surface area contributed by atoms with Gasteiger partial charge in [0.05, 0.1) is 0 Å². The van der Waals surface area contributed by atoms with Gasteiger partial charge in [-0.1, -0.05) is 12.1 Å². The number of carbonyl (C=O) groups excluding carboxylic acids is 3. The van der Waals surface area contributed by atoms with Crippen molar-refractivity contribution in [2.75, 3.05) is 13.6 Å². The van der Waals surface area contributed by atoms with Gasteiger partial charge in [-0.2, -0.15) is 0 Å². The van der Waals surface area contributed by atoms with Crippen LogP contribution >= 0.6 is 0 Å². The second-order valence-electron chi connectivity index (χ2n) is 9.69. The summed E-state index contributed by atoms with van der Waals surface area (Å²) in [6, 6.07) is 6.21. The normalized spacial score (nSPS) is 26.0. The summed E-state index contributed by atoms with van der Waals surface area (Å²) in [6.45, 7) is 4.78. The molecule has 3 amide bonds. The molecule has 1 aromatic heterocycles. The average molecular weight is 423 g/mol. The van der Waals surface area contributed by atoms with Gasteiger partial charge in [0.1, 0.15) is 11.1 Å². The Kier molecular flexibility index (Phi) is 4.61. The summed E-state index contributed by atoms with van der Waals surface area (Å²) in [5.74, 6) is 0.102. The molecule has 1 saturated heterocycles. The Morgan fingerprint density at radius 3 is 2.52 bits per heavy atom. The minimum absolute atomic E-state index is 0.0205. The molecule has 3 N–H and O–H groups in total. The SMILES string of the molecule is CNC(=O)C1(C(=O)N2CC3CC(NC(=O)c4cc5c(C)ccc(C)c5[nH]4)CC2C3)CC1. The number of fused-ring (bicyclic) bond motifs is 3. The van der Waals surface area contributed by atoms with E-state index in [-0.39, 0.29) is 29.8 Å². The van der Waals surface area contributed by atoms with E-state index >= 15 is 0 Å². The van der Waals surface area contributed by atoms with Crippen molar-refractivity contribution < 1.29 is 14.4 Å². The molecule has 5 rings (SSSR count). The number of benzene rings is 1. The van der Waals surface area contributed by atoms with E-state index in [1.54, 1.807) is 7.05 Å². The highest BCUT2D eigenvalue weighted by atomic mass is 16.2. The van der Waals surface area contributed by atoms with E-state index < -0.39 is 5.41 Å². The number of carbonyl (C=O) groups is 3. The fourth-order valence-electron chi connectivity index (χ4n) is 5.66. The highest BCUT2D eigenvalue weighted by Gasteiger charge is 2.59. The van der Waals surface area contributed by atoms with Gasteiger partial charge in [-0.05, 0) is 69.1 Å². The lowest BCUT2D eigenvalue weighted by Gasteiger charge is -2.31. The second-order valence-corrected chi connectivity index (χ2v) is 9.69. The van der Waals surface area contributed by atoms with Crippen LogP contribution in [0, 0.1) is 25.2 Å². The predicted octanol–water partition coefficient (Wildman–Crippen LogP) is 2.42. The highest BCUT2D eigenvalue weighted by molar-refractivity contribution is 6.08. The van der Waals surface area contributed by atoms with E-state index in [0.29, 0.717) is 31.0 Å². The molecule has 3 fully saturated rings. The zero-order valence-electron chi connectivity index (χ0n) is 18.4. The molecule has 3 aliphatic rings. The van der Waals surface area contributed by atoms with Crippen LogP contribution < -0.4 is 10.6 Å². The van der Waals surface area contributed by atoms with Crippen molar-refractivity contribution >= 4 is 28.6 Å². The lowest BCUT2D eigenvalue weighted by atomic mass is 9.86. The zero-order valence-corrected chi connectivity index (χ0v) is 18.4. The van der Waals surface area contributed by atoms with Crippen LogP contribution in [0.2, 0.25) is 0 Å². The van der Waals surface area contributed by atoms with Gasteiger partial charge < -0.3 is 20.5 Å². The molecular formula is C24H30N4O3. The van der Waals surface area contributed by atoms with Crippen molar-refractivity contribution in [3.63, 3.8) is 0 Å². The molecule has 2 aromatic rings. The molecule has 164 valence electrons. The summed E-state index contributed by atoms with van der Waals surface area (Å²) < 4.78 is 0. The molecule has 2 heterocycles. The summed E-state index contributed by atoms with van der Waals surface area (Å²) in [5, 5.41) is 6.93. The fraction of sp³-hybridized carbons (Fsp3) is 0.542. The topological polar surface area (TPSA) is 94.3 Å². The van der Waals surface area contributed by atoms with Crippen LogP contribution in [0.4, 0.5) is 0 Å². The molecule has 2 aliphatic carbocycles. The van der Waals surface area contributed by atoms with Crippen molar-refractivity contribution in [1.29, 1.82) is 0 Å². The second kappa shape index (κ2) is 7.11. The van der Waals surface area contributed by atoms with Gasteiger partial charge in [0.2, 0.25) is 11.8 Å². The number of nitrogens with zero attached hydrogens (tertiary/aromatic N) is 1. The Labute approximate surface area is 181 Å². The number of nitrogens with one attached hydrogen (secondary N) is 3. The summed E-state index contributed by atoms with van der Waals surface area (Å²) in [7, 11) is 1.59. The maximum absolute atomic E-state index is 13.2. The van der Waals surface area contributed by atoms with Gasteiger partial charge >= 0.3 is 0 Å². The molecule has 2 saturated carbocycles. The van der Waals surface area contributed by atoms with Crippen LogP contribution in [0.5, 0.6) is 0 Å². The van der Waals surface area contributed by atoms with Crippen molar-refractivity contribution in [3.8, 4) is 0 Å². The van der Waals surface area contributed by atoms with E-state index in [9.17, 15) is 14.4 Å². The Morgan fingerprint density at radius 1 is 1.10 bits per heavy atom. The quantitative estimate of drug-likeness (QED) is 0.661. The zero-order chi connectivity index (χ0) is 21.9. The minimum Gasteiger partial charge on any atom is -0.358 e. The number of aromatic amines is 1. The number of H-pyrrole nitrogens is 1. The molecular weight excluding hydrogens is 392 g/mol. The summed E-state index contributed by atoms with van der Waals surface area (Å²) in [4.78, 5) is 43.6. The molecule has 7 nitrogen and oxygen atoms in total. The van der Waals surface area contributed by atoms with Crippen LogP contribution in [-0.2, 0) is 9.59 Å². The molecule has 0 radical (unpaired) electrons. The van der Waals surface area contributed by atoms with Gasteiger partial charge in [-0.3, -0.25) is 14.4 Å². The van der Waals surface area contributed by atoms with Gasteiger partial charge in [0.15, 0.2) is 0 Å².